The van der Waals surface area contributed by atoms with Crippen LogP contribution in [0, 0.1) is 11.7 Å². The first-order chi connectivity index (χ1) is 9.95. The Morgan fingerprint density at radius 2 is 1.91 bits per heavy atom. The summed E-state index contributed by atoms with van der Waals surface area (Å²) in [5, 5.41) is 11.3. The van der Waals surface area contributed by atoms with Crippen molar-refractivity contribution in [2.75, 3.05) is 0 Å². The van der Waals surface area contributed by atoms with Crippen LogP contribution in [-0.2, 0) is 6.42 Å². The first-order valence-electron chi connectivity index (χ1n) is 8.20. The third kappa shape index (κ3) is 3.81. The molecule has 3 N–H and O–H groups in total. The molecular formula is C18H29ClFNO. The molecule has 2 atom stereocenters. The maximum Gasteiger partial charge on any atom is 0.126 e. The Morgan fingerprint density at radius 3 is 2.50 bits per heavy atom. The van der Waals surface area contributed by atoms with E-state index < -0.39 is 5.60 Å². The van der Waals surface area contributed by atoms with Gasteiger partial charge < -0.3 is 10.8 Å². The maximum absolute atomic E-state index is 14.0. The Kier molecular flexibility index (Phi) is 6.84. The number of rotatable bonds is 5. The van der Waals surface area contributed by atoms with Crippen LogP contribution in [0.25, 0.3) is 0 Å². The third-order valence-electron chi connectivity index (χ3n) is 5.47. The van der Waals surface area contributed by atoms with E-state index in [1.54, 1.807) is 12.1 Å². The van der Waals surface area contributed by atoms with Crippen molar-refractivity contribution >= 4 is 12.4 Å². The van der Waals surface area contributed by atoms with Crippen LogP contribution in [0.2, 0.25) is 0 Å². The van der Waals surface area contributed by atoms with Crippen LogP contribution in [0.15, 0.2) is 24.3 Å². The lowest BCUT2D eigenvalue weighted by Crippen LogP contribution is -2.58. The number of benzene rings is 1. The molecular weight excluding hydrogens is 301 g/mol. The van der Waals surface area contributed by atoms with Crippen molar-refractivity contribution in [3.05, 3.63) is 35.6 Å². The van der Waals surface area contributed by atoms with Gasteiger partial charge in [0, 0.05) is 17.9 Å². The van der Waals surface area contributed by atoms with Crippen molar-refractivity contribution in [3.8, 4) is 0 Å². The van der Waals surface area contributed by atoms with E-state index in [1.807, 2.05) is 6.07 Å². The van der Waals surface area contributed by atoms with Gasteiger partial charge in [-0.1, -0.05) is 44.9 Å². The lowest BCUT2D eigenvalue weighted by Gasteiger charge is -2.49. The summed E-state index contributed by atoms with van der Waals surface area (Å²) in [6.07, 6.45) is 5.78. The second-order valence-corrected chi connectivity index (χ2v) is 6.61. The summed E-state index contributed by atoms with van der Waals surface area (Å²) in [5.74, 6) is -0.195. The van der Waals surface area contributed by atoms with Crippen molar-refractivity contribution in [3.63, 3.8) is 0 Å². The summed E-state index contributed by atoms with van der Waals surface area (Å²) >= 11 is 0. The van der Waals surface area contributed by atoms with E-state index in [9.17, 15) is 9.50 Å². The van der Waals surface area contributed by atoms with Crippen LogP contribution >= 0.6 is 12.4 Å². The quantitative estimate of drug-likeness (QED) is 0.849. The van der Waals surface area contributed by atoms with E-state index in [0.29, 0.717) is 18.4 Å². The zero-order valence-electron chi connectivity index (χ0n) is 13.6. The fraction of sp³-hybridized carbons (Fsp3) is 0.667. The lowest BCUT2D eigenvalue weighted by atomic mass is 9.62. The number of hydrogen-bond donors (Lipinski definition) is 2. The standard InChI is InChI=1S/C18H28FNO.ClH/c1-3-17(20,4-2)16-11-7-8-12-18(16,21)13-14-9-5-6-10-15(14)19;/h5-6,9-10,16,21H,3-4,7-8,11-13,20H2,1-2H3;1H/t16-,18+;/m0./s1. The molecule has 0 saturated heterocycles. The fourth-order valence-electron chi connectivity index (χ4n) is 3.97. The zero-order chi connectivity index (χ0) is 15.5. The molecule has 0 amide bonds. The van der Waals surface area contributed by atoms with Gasteiger partial charge in [0.25, 0.3) is 0 Å². The van der Waals surface area contributed by atoms with Gasteiger partial charge in [-0.05, 0) is 37.3 Å². The summed E-state index contributed by atoms with van der Waals surface area (Å²) in [5.41, 5.74) is 5.94. The topological polar surface area (TPSA) is 46.2 Å². The first kappa shape index (κ1) is 19.4. The second kappa shape index (κ2) is 7.76. The zero-order valence-corrected chi connectivity index (χ0v) is 14.5. The van der Waals surface area contributed by atoms with Gasteiger partial charge in [-0.2, -0.15) is 0 Å². The minimum atomic E-state index is -0.888. The number of hydrogen-bond acceptors (Lipinski definition) is 2. The molecule has 2 nitrogen and oxygen atoms in total. The van der Waals surface area contributed by atoms with Gasteiger partial charge in [0.05, 0.1) is 5.60 Å². The SMILES string of the molecule is CCC(N)(CC)[C@@H]1CCCC[C@@]1(O)Cc1ccccc1F.Cl. The van der Waals surface area contributed by atoms with Crippen LogP contribution in [0.1, 0.15) is 57.9 Å². The molecule has 0 bridgehead atoms. The number of halogens is 2. The number of nitrogens with two attached hydrogens (primary N) is 1. The van der Waals surface area contributed by atoms with E-state index in [0.717, 1.165) is 32.1 Å². The van der Waals surface area contributed by atoms with Gasteiger partial charge in [-0.25, -0.2) is 4.39 Å². The molecule has 1 aliphatic carbocycles. The molecule has 1 fully saturated rings. The minimum absolute atomic E-state index is 0. The van der Waals surface area contributed by atoms with Crippen molar-refractivity contribution in [1.82, 2.24) is 0 Å². The molecule has 0 aliphatic heterocycles. The average molecular weight is 330 g/mol. The molecule has 126 valence electrons. The van der Waals surface area contributed by atoms with Crippen LogP contribution in [0.5, 0.6) is 0 Å². The molecule has 4 heteroatoms. The smallest absolute Gasteiger partial charge is 0.126 e. The molecule has 0 spiro atoms. The summed E-state index contributed by atoms with van der Waals surface area (Å²) in [4.78, 5) is 0. The Labute approximate surface area is 139 Å². The molecule has 1 aromatic carbocycles. The minimum Gasteiger partial charge on any atom is -0.389 e. The average Bonchev–Trinajstić information content (AvgIpc) is 2.49. The van der Waals surface area contributed by atoms with Crippen LogP contribution in [-0.4, -0.2) is 16.2 Å². The Hall–Kier alpha value is -0.640. The highest BCUT2D eigenvalue weighted by molar-refractivity contribution is 5.85. The predicted octanol–water partition coefficient (Wildman–Crippen LogP) is 4.23. The summed E-state index contributed by atoms with van der Waals surface area (Å²) in [6.45, 7) is 4.17. The highest BCUT2D eigenvalue weighted by atomic mass is 35.5. The van der Waals surface area contributed by atoms with Crippen LogP contribution in [0.4, 0.5) is 4.39 Å². The second-order valence-electron chi connectivity index (χ2n) is 6.61. The molecule has 0 unspecified atom stereocenters. The molecule has 0 aromatic heterocycles. The Morgan fingerprint density at radius 1 is 1.27 bits per heavy atom. The highest BCUT2D eigenvalue weighted by Crippen LogP contribution is 2.44. The largest absolute Gasteiger partial charge is 0.389 e. The Bertz CT molecular complexity index is 478. The van der Waals surface area contributed by atoms with Crippen LogP contribution in [0.3, 0.4) is 0 Å². The summed E-state index contributed by atoms with van der Waals surface area (Å²) in [6, 6.07) is 6.75. The predicted molar refractivity (Wildman–Crippen MR) is 91.8 cm³/mol. The molecule has 2 rings (SSSR count). The molecule has 1 saturated carbocycles. The van der Waals surface area contributed by atoms with E-state index >= 15 is 0 Å². The normalized spacial score (nSPS) is 25.6. The third-order valence-corrected chi connectivity index (χ3v) is 5.47. The van der Waals surface area contributed by atoms with E-state index in [2.05, 4.69) is 13.8 Å². The first-order valence-corrected chi connectivity index (χ1v) is 8.20. The fourth-order valence-corrected chi connectivity index (χ4v) is 3.97. The molecule has 1 aliphatic rings. The van der Waals surface area contributed by atoms with E-state index in [4.69, 9.17) is 5.73 Å². The van der Waals surface area contributed by atoms with Gasteiger partial charge >= 0.3 is 0 Å². The van der Waals surface area contributed by atoms with Crippen molar-refractivity contribution < 1.29 is 9.50 Å². The molecule has 22 heavy (non-hydrogen) atoms. The Balaban J connectivity index is 0.00000242. The number of aliphatic hydroxyl groups is 1. The molecule has 0 heterocycles. The highest BCUT2D eigenvalue weighted by Gasteiger charge is 2.47. The molecule has 1 aromatic rings. The van der Waals surface area contributed by atoms with Gasteiger partial charge in [0.15, 0.2) is 0 Å². The van der Waals surface area contributed by atoms with Gasteiger partial charge in [0.2, 0.25) is 0 Å². The van der Waals surface area contributed by atoms with E-state index in [-0.39, 0.29) is 29.7 Å². The van der Waals surface area contributed by atoms with Gasteiger partial charge in [-0.15, -0.1) is 12.4 Å². The summed E-state index contributed by atoms with van der Waals surface area (Å²) < 4.78 is 14.0. The van der Waals surface area contributed by atoms with Gasteiger partial charge in [0.1, 0.15) is 5.82 Å². The monoisotopic (exact) mass is 329 g/mol. The maximum atomic E-state index is 14.0. The van der Waals surface area contributed by atoms with Crippen LogP contribution < -0.4 is 5.73 Å². The van der Waals surface area contributed by atoms with Crippen molar-refractivity contribution in [1.29, 1.82) is 0 Å². The lowest BCUT2D eigenvalue weighted by molar-refractivity contribution is -0.0804. The van der Waals surface area contributed by atoms with Gasteiger partial charge in [-0.3, -0.25) is 0 Å². The summed E-state index contributed by atoms with van der Waals surface area (Å²) in [7, 11) is 0. The van der Waals surface area contributed by atoms with E-state index in [1.165, 1.54) is 6.07 Å². The molecule has 0 radical (unpaired) electrons. The van der Waals surface area contributed by atoms with Crippen molar-refractivity contribution in [2.45, 2.75) is 69.9 Å². The van der Waals surface area contributed by atoms with Crippen molar-refractivity contribution in [2.24, 2.45) is 11.7 Å².